The van der Waals surface area contributed by atoms with E-state index < -0.39 is 6.04 Å². The Morgan fingerprint density at radius 2 is 1.76 bits per heavy atom. The van der Waals surface area contributed by atoms with Crippen LogP contribution in [-0.2, 0) is 16.1 Å². The summed E-state index contributed by atoms with van der Waals surface area (Å²) in [6.07, 6.45) is 1.82. The first kappa shape index (κ1) is 21.3. The van der Waals surface area contributed by atoms with Gasteiger partial charge in [-0.1, -0.05) is 35.4 Å². The van der Waals surface area contributed by atoms with E-state index in [4.69, 9.17) is 11.6 Å². The quantitative estimate of drug-likeness (QED) is 0.409. The van der Waals surface area contributed by atoms with Gasteiger partial charge in [0.15, 0.2) is 6.20 Å². The largest absolute Gasteiger partial charge is 1.00 e. The molecule has 0 radical (unpaired) electrons. The maximum absolute atomic E-state index is 13.3. The second kappa shape index (κ2) is 8.92. The first-order valence-electron chi connectivity index (χ1n) is 8.96. The zero-order chi connectivity index (χ0) is 19.7. The fourth-order valence-electron chi connectivity index (χ4n) is 3.37. The molecule has 0 saturated heterocycles. The van der Waals surface area contributed by atoms with E-state index in [1.54, 1.807) is 29.2 Å². The maximum Gasteiger partial charge on any atom is 0.294 e. The number of aromatic nitrogens is 1. The molecule has 2 heterocycles. The highest BCUT2D eigenvalue weighted by Gasteiger charge is 2.43. The third-order valence-electron chi connectivity index (χ3n) is 4.76. The molecule has 1 aromatic heterocycles. The smallest absolute Gasteiger partial charge is 0.294 e. The molecule has 1 aliphatic heterocycles. The van der Waals surface area contributed by atoms with E-state index in [1.807, 2.05) is 60.2 Å². The monoisotopic (exact) mass is 519 g/mol. The topological polar surface area (TPSA) is 53.3 Å². The van der Waals surface area contributed by atoms with Crippen LogP contribution < -0.4 is 38.8 Å². The Morgan fingerprint density at radius 3 is 2.45 bits per heavy atom. The predicted molar refractivity (Wildman–Crippen MR) is 108 cm³/mol. The lowest BCUT2D eigenvalue weighted by molar-refractivity contribution is -0.695. The number of nitrogens with zero attached hydrogens (tertiary/aromatic N) is 2. The van der Waals surface area contributed by atoms with Crippen LogP contribution in [0.5, 0.6) is 0 Å². The number of hydrogen-bond acceptors (Lipinski definition) is 2. The first-order valence-corrected chi connectivity index (χ1v) is 9.34. The van der Waals surface area contributed by atoms with E-state index in [0.717, 1.165) is 11.3 Å². The molecule has 7 heteroatoms. The molecule has 29 heavy (non-hydrogen) atoms. The molecule has 1 atom stereocenters. The first-order chi connectivity index (χ1) is 13.5. The summed E-state index contributed by atoms with van der Waals surface area (Å²) in [4.78, 5) is 27.8. The maximum atomic E-state index is 13.3. The molecule has 0 aliphatic carbocycles. The minimum Gasteiger partial charge on any atom is -1.00 e. The fraction of sp³-hybridized carbons (Fsp3) is 0.136. The van der Waals surface area contributed by atoms with Crippen molar-refractivity contribution in [3.63, 3.8) is 0 Å². The van der Waals surface area contributed by atoms with Gasteiger partial charge >= 0.3 is 0 Å². The van der Waals surface area contributed by atoms with Gasteiger partial charge in [-0.3, -0.25) is 14.5 Å². The molecule has 1 unspecified atom stereocenters. The summed E-state index contributed by atoms with van der Waals surface area (Å²) < 4.78 is 1.82. The summed E-state index contributed by atoms with van der Waals surface area (Å²) in [6, 6.07) is 19.3. The molecular weight excluding hydrogens is 501 g/mol. The highest BCUT2D eigenvalue weighted by atomic mass is 127. The van der Waals surface area contributed by atoms with Crippen molar-refractivity contribution in [1.29, 1.82) is 0 Å². The van der Waals surface area contributed by atoms with Crippen LogP contribution >= 0.6 is 11.6 Å². The van der Waals surface area contributed by atoms with Gasteiger partial charge in [-0.25, -0.2) is 0 Å². The minimum absolute atomic E-state index is 0. The van der Waals surface area contributed by atoms with Gasteiger partial charge in [0, 0.05) is 28.5 Å². The number of benzene rings is 2. The van der Waals surface area contributed by atoms with Crippen molar-refractivity contribution in [2.75, 3.05) is 10.2 Å². The van der Waals surface area contributed by atoms with Crippen LogP contribution in [0.3, 0.4) is 0 Å². The van der Waals surface area contributed by atoms with Crippen LogP contribution in [0.25, 0.3) is 0 Å². The molecule has 148 valence electrons. The van der Waals surface area contributed by atoms with Crippen molar-refractivity contribution in [2.45, 2.75) is 19.5 Å². The molecule has 0 saturated carbocycles. The summed E-state index contributed by atoms with van der Waals surface area (Å²) in [5.41, 5.74) is 3.17. The second-order valence-corrected chi connectivity index (χ2v) is 7.19. The van der Waals surface area contributed by atoms with E-state index in [9.17, 15) is 9.59 Å². The molecule has 2 aromatic carbocycles. The van der Waals surface area contributed by atoms with Crippen molar-refractivity contribution < 1.29 is 38.1 Å². The van der Waals surface area contributed by atoms with Crippen molar-refractivity contribution in [2.24, 2.45) is 0 Å². The molecule has 0 fully saturated rings. The van der Waals surface area contributed by atoms with Crippen LogP contribution in [-0.4, -0.2) is 11.8 Å². The highest BCUT2D eigenvalue weighted by molar-refractivity contribution is 6.30. The van der Waals surface area contributed by atoms with E-state index in [2.05, 4.69) is 5.32 Å². The molecule has 2 amide bonds. The number of halogens is 2. The van der Waals surface area contributed by atoms with Crippen molar-refractivity contribution >= 4 is 34.8 Å². The Kier molecular flexibility index (Phi) is 6.54. The normalized spacial score (nSPS) is 15.3. The number of aryl methyl sites for hydroxylation is 1. The lowest BCUT2D eigenvalue weighted by Gasteiger charge is -2.32. The van der Waals surface area contributed by atoms with Gasteiger partial charge in [0.2, 0.25) is 18.3 Å². The zero-order valence-corrected chi connectivity index (χ0v) is 18.6. The molecule has 5 nitrogen and oxygen atoms in total. The van der Waals surface area contributed by atoms with Crippen LogP contribution in [0.15, 0.2) is 72.9 Å². The van der Waals surface area contributed by atoms with Gasteiger partial charge in [-0.2, -0.15) is 4.57 Å². The third-order valence-corrected chi connectivity index (χ3v) is 5.01. The van der Waals surface area contributed by atoms with Gasteiger partial charge in [0.25, 0.3) is 11.8 Å². The van der Waals surface area contributed by atoms with Crippen LogP contribution in [0, 0.1) is 6.92 Å². The van der Waals surface area contributed by atoms with Crippen LogP contribution in [0.4, 0.5) is 11.4 Å². The van der Waals surface area contributed by atoms with Crippen LogP contribution in [0.2, 0.25) is 5.02 Å². The molecule has 1 N–H and O–H groups in total. The van der Waals surface area contributed by atoms with Gasteiger partial charge in [0.1, 0.15) is 0 Å². The number of amides is 2. The lowest BCUT2D eigenvalue weighted by Crippen LogP contribution is -3.00. The summed E-state index contributed by atoms with van der Waals surface area (Å²) >= 11 is 5.93. The predicted octanol–water partition coefficient (Wildman–Crippen LogP) is 0.667. The van der Waals surface area contributed by atoms with E-state index in [-0.39, 0.29) is 42.3 Å². The second-order valence-electron chi connectivity index (χ2n) is 6.75. The van der Waals surface area contributed by atoms with Gasteiger partial charge in [-0.15, -0.1) is 0 Å². The number of hydrogen-bond donors (Lipinski definition) is 1. The Balaban J connectivity index is 0.00000240. The van der Waals surface area contributed by atoms with E-state index in [0.29, 0.717) is 16.4 Å². The van der Waals surface area contributed by atoms with Gasteiger partial charge in [0.05, 0.1) is 0 Å². The number of nitrogens with one attached hydrogen (secondary N) is 1. The van der Waals surface area contributed by atoms with Crippen molar-refractivity contribution in [3.05, 3.63) is 89.2 Å². The highest BCUT2D eigenvalue weighted by Crippen LogP contribution is 2.30. The number of carbonyl (C=O) groups excluding carboxylic acids is 2. The number of fused-ring (bicyclic) bond motifs is 1. The SMILES string of the molecule is Cc1ccc(N2C(=O)C[n+]3ccccc3C2C(=O)Nc2ccc(Cl)cc2)cc1.[I-]. The van der Waals surface area contributed by atoms with Crippen molar-refractivity contribution in [3.8, 4) is 0 Å². The molecular formula is C22H19ClIN3O2. The number of anilines is 2. The molecule has 3 aromatic rings. The Hall–Kier alpha value is -2.45. The molecule has 0 spiro atoms. The summed E-state index contributed by atoms with van der Waals surface area (Å²) in [5.74, 6) is -0.417. The molecule has 1 aliphatic rings. The lowest BCUT2D eigenvalue weighted by atomic mass is 10.0. The Bertz CT molecular complexity index is 1040. The van der Waals surface area contributed by atoms with Crippen LogP contribution in [0.1, 0.15) is 17.3 Å². The number of rotatable bonds is 3. The molecule has 4 rings (SSSR count). The Labute approximate surface area is 191 Å². The van der Waals surface area contributed by atoms with E-state index in [1.165, 1.54) is 0 Å². The standard InChI is InChI=1S/C22H18ClN3O2.HI/c1-15-5-11-18(12-6-15)26-20(27)14-25-13-3-2-4-19(25)21(26)22(28)24-17-9-7-16(23)8-10-17;/h2-13,21H,14H2,1H3;1H. The van der Waals surface area contributed by atoms with Crippen molar-refractivity contribution in [1.82, 2.24) is 0 Å². The minimum atomic E-state index is -0.777. The fourth-order valence-corrected chi connectivity index (χ4v) is 3.50. The third kappa shape index (κ3) is 4.43. The number of carbonyl (C=O) groups is 2. The molecule has 0 bridgehead atoms. The average Bonchev–Trinajstić information content (AvgIpc) is 2.69. The van der Waals surface area contributed by atoms with Gasteiger partial charge in [-0.05, 0) is 43.3 Å². The average molecular weight is 520 g/mol. The Morgan fingerprint density at radius 1 is 1.07 bits per heavy atom. The zero-order valence-electron chi connectivity index (χ0n) is 15.7. The van der Waals surface area contributed by atoms with Gasteiger partial charge < -0.3 is 29.3 Å². The summed E-state index contributed by atoms with van der Waals surface area (Å²) in [5, 5.41) is 3.50. The van der Waals surface area contributed by atoms with E-state index >= 15 is 0 Å². The summed E-state index contributed by atoms with van der Waals surface area (Å²) in [6.45, 7) is 2.17. The summed E-state index contributed by atoms with van der Waals surface area (Å²) in [7, 11) is 0. The number of pyridine rings is 1.